The molecule has 2 rings (SSSR count). The SMILES string of the molecule is CN1CCC=C(CCCC2CCN(C)CC2)CC1. The van der Waals surface area contributed by atoms with E-state index >= 15 is 0 Å². The van der Waals surface area contributed by atoms with Crippen LogP contribution in [0.5, 0.6) is 0 Å². The van der Waals surface area contributed by atoms with Crippen molar-refractivity contribution >= 4 is 0 Å². The molecule has 0 aliphatic carbocycles. The largest absolute Gasteiger partial charge is 0.306 e. The minimum absolute atomic E-state index is 1.01. The maximum absolute atomic E-state index is 2.51. The molecule has 0 unspecified atom stereocenters. The summed E-state index contributed by atoms with van der Waals surface area (Å²) in [6, 6.07) is 0. The lowest BCUT2D eigenvalue weighted by molar-refractivity contribution is 0.210. The molecule has 1 fully saturated rings. The Balaban J connectivity index is 1.61. The number of piperidine rings is 1. The summed E-state index contributed by atoms with van der Waals surface area (Å²) < 4.78 is 0. The summed E-state index contributed by atoms with van der Waals surface area (Å²) in [5, 5.41) is 0. The standard InChI is InChI=1S/C16H30N2/c1-17-11-4-7-15(8-12-17)5-3-6-16-9-13-18(2)14-10-16/h7,16H,3-6,8-14H2,1-2H3. The van der Waals surface area contributed by atoms with Crippen LogP contribution in [-0.2, 0) is 0 Å². The van der Waals surface area contributed by atoms with Crippen molar-refractivity contribution in [3.05, 3.63) is 11.6 Å². The van der Waals surface area contributed by atoms with Crippen molar-refractivity contribution in [2.24, 2.45) is 5.92 Å². The van der Waals surface area contributed by atoms with Gasteiger partial charge in [-0.25, -0.2) is 0 Å². The molecule has 1 saturated heterocycles. The van der Waals surface area contributed by atoms with E-state index < -0.39 is 0 Å². The zero-order valence-corrected chi connectivity index (χ0v) is 12.3. The Morgan fingerprint density at radius 1 is 1.06 bits per heavy atom. The van der Waals surface area contributed by atoms with Gasteiger partial charge in [0, 0.05) is 13.1 Å². The van der Waals surface area contributed by atoms with Crippen LogP contribution < -0.4 is 0 Å². The molecule has 0 saturated carbocycles. The Morgan fingerprint density at radius 2 is 1.78 bits per heavy atom. The van der Waals surface area contributed by atoms with Gasteiger partial charge in [0.15, 0.2) is 0 Å². The molecule has 2 aliphatic heterocycles. The second kappa shape index (κ2) is 7.30. The van der Waals surface area contributed by atoms with Crippen LogP contribution in [0, 0.1) is 5.92 Å². The summed E-state index contributed by atoms with van der Waals surface area (Å²) in [6.07, 6.45) is 12.2. The first-order valence-electron chi connectivity index (χ1n) is 7.79. The van der Waals surface area contributed by atoms with Gasteiger partial charge in [-0.2, -0.15) is 0 Å². The van der Waals surface area contributed by atoms with E-state index in [4.69, 9.17) is 0 Å². The molecule has 0 aromatic heterocycles. The summed E-state index contributed by atoms with van der Waals surface area (Å²) >= 11 is 0. The molecule has 2 heterocycles. The highest BCUT2D eigenvalue weighted by atomic mass is 15.1. The summed E-state index contributed by atoms with van der Waals surface area (Å²) in [5.74, 6) is 1.01. The molecule has 104 valence electrons. The van der Waals surface area contributed by atoms with Gasteiger partial charge in [-0.05, 0) is 71.6 Å². The second-order valence-electron chi connectivity index (χ2n) is 6.34. The first kappa shape index (κ1) is 14.1. The fourth-order valence-electron chi connectivity index (χ4n) is 3.23. The number of hydrogen-bond acceptors (Lipinski definition) is 2. The third-order valence-corrected chi connectivity index (χ3v) is 4.71. The Kier molecular flexibility index (Phi) is 5.71. The van der Waals surface area contributed by atoms with Crippen molar-refractivity contribution in [3.63, 3.8) is 0 Å². The van der Waals surface area contributed by atoms with Crippen molar-refractivity contribution in [1.29, 1.82) is 0 Å². The van der Waals surface area contributed by atoms with Crippen LogP contribution >= 0.6 is 0 Å². The predicted octanol–water partition coefficient (Wildman–Crippen LogP) is 3.15. The van der Waals surface area contributed by atoms with Gasteiger partial charge in [-0.3, -0.25) is 0 Å². The van der Waals surface area contributed by atoms with E-state index in [9.17, 15) is 0 Å². The van der Waals surface area contributed by atoms with Crippen LogP contribution in [0.2, 0.25) is 0 Å². The minimum atomic E-state index is 1.01. The summed E-state index contributed by atoms with van der Waals surface area (Å²) in [7, 11) is 4.50. The van der Waals surface area contributed by atoms with Crippen LogP contribution in [0.15, 0.2) is 11.6 Å². The van der Waals surface area contributed by atoms with E-state index in [1.54, 1.807) is 5.57 Å². The van der Waals surface area contributed by atoms with Crippen molar-refractivity contribution in [2.45, 2.75) is 44.9 Å². The van der Waals surface area contributed by atoms with Gasteiger partial charge in [0.2, 0.25) is 0 Å². The van der Waals surface area contributed by atoms with Crippen LogP contribution in [0.4, 0.5) is 0 Å². The molecule has 0 bridgehead atoms. The van der Waals surface area contributed by atoms with Crippen molar-refractivity contribution in [2.75, 3.05) is 40.3 Å². The number of likely N-dealkylation sites (tertiary alicyclic amines) is 1. The molecule has 0 spiro atoms. The molecule has 2 nitrogen and oxygen atoms in total. The van der Waals surface area contributed by atoms with Gasteiger partial charge in [-0.1, -0.05) is 18.1 Å². The zero-order chi connectivity index (χ0) is 12.8. The Bertz CT molecular complexity index is 264. The highest BCUT2D eigenvalue weighted by Gasteiger charge is 2.16. The third kappa shape index (κ3) is 4.74. The highest BCUT2D eigenvalue weighted by molar-refractivity contribution is 5.04. The Morgan fingerprint density at radius 3 is 2.56 bits per heavy atom. The predicted molar refractivity (Wildman–Crippen MR) is 78.9 cm³/mol. The molecular formula is C16H30N2. The lowest BCUT2D eigenvalue weighted by Crippen LogP contribution is -2.30. The average Bonchev–Trinajstić information content (AvgIpc) is 2.57. The van der Waals surface area contributed by atoms with Crippen molar-refractivity contribution in [1.82, 2.24) is 9.80 Å². The van der Waals surface area contributed by atoms with E-state index in [0.29, 0.717) is 0 Å². The maximum atomic E-state index is 2.51. The van der Waals surface area contributed by atoms with Crippen LogP contribution in [0.3, 0.4) is 0 Å². The molecule has 0 atom stereocenters. The molecule has 0 amide bonds. The number of rotatable bonds is 4. The van der Waals surface area contributed by atoms with E-state index in [0.717, 1.165) is 5.92 Å². The summed E-state index contributed by atoms with van der Waals surface area (Å²) in [4.78, 5) is 4.93. The average molecular weight is 250 g/mol. The monoisotopic (exact) mass is 250 g/mol. The van der Waals surface area contributed by atoms with E-state index in [1.165, 1.54) is 71.1 Å². The van der Waals surface area contributed by atoms with E-state index in [2.05, 4.69) is 30.0 Å². The van der Waals surface area contributed by atoms with Gasteiger partial charge < -0.3 is 9.80 Å². The van der Waals surface area contributed by atoms with Crippen molar-refractivity contribution in [3.8, 4) is 0 Å². The number of nitrogens with zero attached hydrogens (tertiary/aromatic N) is 2. The first-order valence-corrected chi connectivity index (χ1v) is 7.79. The smallest absolute Gasteiger partial charge is 0.00156 e. The molecule has 0 aromatic rings. The van der Waals surface area contributed by atoms with Crippen LogP contribution in [0.25, 0.3) is 0 Å². The quantitative estimate of drug-likeness (QED) is 0.707. The minimum Gasteiger partial charge on any atom is -0.306 e. The fraction of sp³-hybridized carbons (Fsp3) is 0.875. The fourth-order valence-corrected chi connectivity index (χ4v) is 3.23. The molecule has 2 aliphatic rings. The zero-order valence-electron chi connectivity index (χ0n) is 12.3. The summed E-state index contributed by atoms with van der Waals surface area (Å²) in [5.41, 5.74) is 1.73. The van der Waals surface area contributed by atoms with Gasteiger partial charge >= 0.3 is 0 Å². The van der Waals surface area contributed by atoms with Gasteiger partial charge in [0.1, 0.15) is 0 Å². The topological polar surface area (TPSA) is 6.48 Å². The lowest BCUT2D eigenvalue weighted by Gasteiger charge is -2.28. The Labute approximate surface area is 113 Å². The summed E-state index contributed by atoms with van der Waals surface area (Å²) in [6.45, 7) is 5.15. The van der Waals surface area contributed by atoms with Crippen LogP contribution in [0.1, 0.15) is 44.9 Å². The second-order valence-corrected chi connectivity index (χ2v) is 6.34. The molecule has 0 aromatic carbocycles. The van der Waals surface area contributed by atoms with Gasteiger partial charge in [0.25, 0.3) is 0 Å². The van der Waals surface area contributed by atoms with Crippen LogP contribution in [-0.4, -0.2) is 50.1 Å². The molecular weight excluding hydrogens is 220 g/mol. The highest BCUT2D eigenvalue weighted by Crippen LogP contribution is 2.24. The number of hydrogen-bond donors (Lipinski definition) is 0. The lowest BCUT2D eigenvalue weighted by atomic mass is 9.90. The van der Waals surface area contributed by atoms with E-state index in [1.807, 2.05) is 0 Å². The first-order chi connectivity index (χ1) is 8.74. The normalized spacial score (nSPS) is 24.9. The van der Waals surface area contributed by atoms with Gasteiger partial charge in [-0.15, -0.1) is 0 Å². The van der Waals surface area contributed by atoms with Crippen molar-refractivity contribution < 1.29 is 0 Å². The molecule has 0 N–H and O–H groups in total. The Hall–Kier alpha value is -0.340. The maximum Gasteiger partial charge on any atom is 0.00156 e. The third-order valence-electron chi connectivity index (χ3n) is 4.71. The molecule has 18 heavy (non-hydrogen) atoms. The molecule has 2 heteroatoms. The molecule has 0 radical (unpaired) electrons. The van der Waals surface area contributed by atoms with Gasteiger partial charge in [0.05, 0.1) is 0 Å². The van der Waals surface area contributed by atoms with E-state index in [-0.39, 0.29) is 0 Å².